The number of rotatable bonds is 6. The molecule has 0 saturated heterocycles. The average Bonchev–Trinajstić information content (AvgIpc) is 2.85. The molecule has 0 saturated carbocycles. The van der Waals surface area contributed by atoms with E-state index in [0.29, 0.717) is 0 Å². The molecule has 2 N–H and O–H groups in total. The first-order valence-electron chi connectivity index (χ1n) is 6.36. The number of carbonyl (C=O) groups excluding carboxylic acids is 1. The van der Waals surface area contributed by atoms with Crippen LogP contribution in [0.1, 0.15) is 10.4 Å². The Hall–Kier alpha value is -1.85. The number of ether oxygens (including phenoxy) is 1. The predicted molar refractivity (Wildman–Crippen MR) is 82.4 cm³/mol. The molecule has 0 atom stereocenters. The number of anilines is 1. The van der Waals surface area contributed by atoms with E-state index in [0.717, 1.165) is 18.0 Å². The summed E-state index contributed by atoms with van der Waals surface area (Å²) in [6.45, 7) is 3.08. The third-order valence-electron chi connectivity index (χ3n) is 2.89. The highest BCUT2D eigenvalue weighted by Crippen LogP contribution is 2.16. The predicted octanol–water partition coefficient (Wildman–Crippen LogP) is 2.79. The van der Waals surface area contributed by atoms with Crippen LogP contribution in [0.15, 0.2) is 35.7 Å². The van der Waals surface area contributed by atoms with Gasteiger partial charge in [0.05, 0.1) is 13.7 Å². The van der Waals surface area contributed by atoms with Crippen molar-refractivity contribution < 1.29 is 9.53 Å². The van der Waals surface area contributed by atoms with Gasteiger partial charge in [-0.05, 0) is 36.1 Å². The molecule has 2 rings (SSSR count). The topological polar surface area (TPSA) is 50.4 Å². The van der Waals surface area contributed by atoms with Gasteiger partial charge in [0.1, 0.15) is 5.75 Å². The molecule has 0 aliphatic heterocycles. The van der Waals surface area contributed by atoms with Gasteiger partial charge in [-0.1, -0.05) is 6.07 Å². The summed E-state index contributed by atoms with van der Waals surface area (Å²) in [4.78, 5) is 13.1. The van der Waals surface area contributed by atoms with Crippen LogP contribution in [-0.2, 0) is 11.3 Å². The summed E-state index contributed by atoms with van der Waals surface area (Å²) in [5.74, 6) is 0.664. The normalized spacial score (nSPS) is 10.3. The molecule has 0 spiro atoms. The highest BCUT2D eigenvalue weighted by molar-refractivity contribution is 7.10. The van der Waals surface area contributed by atoms with Crippen molar-refractivity contribution in [2.24, 2.45) is 0 Å². The van der Waals surface area contributed by atoms with Gasteiger partial charge in [0.25, 0.3) is 0 Å². The maximum Gasteiger partial charge on any atom is 0.238 e. The molecule has 0 unspecified atom stereocenters. The molecule has 5 heteroatoms. The highest BCUT2D eigenvalue weighted by atomic mass is 32.1. The Labute approximate surface area is 122 Å². The van der Waals surface area contributed by atoms with Crippen molar-refractivity contribution in [1.29, 1.82) is 0 Å². The number of benzene rings is 1. The Kier molecular flexibility index (Phi) is 5.15. The zero-order valence-electron chi connectivity index (χ0n) is 11.6. The van der Waals surface area contributed by atoms with Crippen LogP contribution in [0, 0.1) is 6.92 Å². The van der Waals surface area contributed by atoms with Crippen molar-refractivity contribution >= 4 is 22.9 Å². The van der Waals surface area contributed by atoms with Crippen molar-refractivity contribution in [2.45, 2.75) is 13.5 Å². The highest BCUT2D eigenvalue weighted by Gasteiger charge is 2.04. The quantitative estimate of drug-likeness (QED) is 0.860. The van der Waals surface area contributed by atoms with Gasteiger partial charge in [0.15, 0.2) is 0 Å². The van der Waals surface area contributed by atoms with Gasteiger partial charge in [-0.2, -0.15) is 0 Å². The second kappa shape index (κ2) is 7.07. The van der Waals surface area contributed by atoms with Crippen molar-refractivity contribution in [3.63, 3.8) is 0 Å². The Morgan fingerprint density at radius 3 is 2.90 bits per heavy atom. The Morgan fingerprint density at radius 1 is 1.35 bits per heavy atom. The maximum absolute atomic E-state index is 11.8. The summed E-state index contributed by atoms with van der Waals surface area (Å²) in [5, 5.41) is 8.04. The number of methoxy groups -OCH3 is 1. The van der Waals surface area contributed by atoms with Crippen LogP contribution in [0.5, 0.6) is 5.75 Å². The lowest BCUT2D eigenvalue weighted by molar-refractivity contribution is -0.115. The third kappa shape index (κ3) is 4.08. The molecule has 0 fully saturated rings. The molecule has 0 bridgehead atoms. The fourth-order valence-corrected chi connectivity index (χ4v) is 2.66. The van der Waals surface area contributed by atoms with Crippen molar-refractivity contribution in [2.75, 3.05) is 19.0 Å². The zero-order chi connectivity index (χ0) is 14.4. The fourth-order valence-electron chi connectivity index (χ4n) is 1.78. The second-order valence-corrected chi connectivity index (χ2v) is 5.41. The van der Waals surface area contributed by atoms with Crippen molar-refractivity contribution in [3.05, 3.63) is 46.2 Å². The molecule has 1 aromatic carbocycles. The molecular weight excluding hydrogens is 272 g/mol. The molecule has 0 aliphatic carbocycles. The summed E-state index contributed by atoms with van der Waals surface area (Å²) in [6, 6.07) is 9.40. The van der Waals surface area contributed by atoms with Crippen molar-refractivity contribution in [3.8, 4) is 5.75 Å². The van der Waals surface area contributed by atoms with E-state index >= 15 is 0 Å². The van der Waals surface area contributed by atoms with E-state index in [1.807, 2.05) is 18.2 Å². The SMILES string of the molecule is COc1cccc(NC(=O)CNCc2sccc2C)c1. The summed E-state index contributed by atoms with van der Waals surface area (Å²) < 4.78 is 5.11. The van der Waals surface area contributed by atoms with Crippen LogP contribution in [0.3, 0.4) is 0 Å². The lowest BCUT2D eigenvalue weighted by Crippen LogP contribution is -2.27. The van der Waals surface area contributed by atoms with E-state index in [9.17, 15) is 4.79 Å². The summed E-state index contributed by atoms with van der Waals surface area (Å²) in [5.41, 5.74) is 2.00. The van der Waals surface area contributed by atoms with Crippen LogP contribution in [0.4, 0.5) is 5.69 Å². The van der Waals surface area contributed by atoms with Crippen LogP contribution in [-0.4, -0.2) is 19.6 Å². The summed E-state index contributed by atoms with van der Waals surface area (Å²) in [7, 11) is 1.60. The molecule has 1 amide bonds. The van der Waals surface area contributed by atoms with Crippen LogP contribution in [0.2, 0.25) is 0 Å². The number of carbonyl (C=O) groups is 1. The van der Waals surface area contributed by atoms with E-state index in [4.69, 9.17) is 4.74 Å². The van der Waals surface area contributed by atoms with Crippen LogP contribution >= 0.6 is 11.3 Å². The van der Waals surface area contributed by atoms with Crippen LogP contribution < -0.4 is 15.4 Å². The van der Waals surface area contributed by atoms with Crippen LogP contribution in [0.25, 0.3) is 0 Å². The Morgan fingerprint density at radius 2 is 2.20 bits per heavy atom. The smallest absolute Gasteiger partial charge is 0.238 e. The molecule has 2 aromatic rings. The number of amides is 1. The zero-order valence-corrected chi connectivity index (χ0v) is 12.4. The van der Waals surface area contributed by atoms with Gasteiger partial charge in [-0.25, -0.2) is 0 Å². The number of thiophene rings is 1. The van der Waals surface area contributed by atoms with Crippen molar-refractivity contribution in [1.82, 2.24) is 5.32 Å². The first-order chi connectivity index (χ1) is 9.69. The van der Waals surface area contributed by atoms with E-state index < -0.39 is 0 Å². The van der Waals surface area contributed by atoms with Gasteiger partial charge in [0.2, 0.25) is 5.91 Å². The van der Waals surface area contributed by atoms with E-state index in [2.05, 4.69) is 29.0 Å². The van der Waals surface area contributed by atoms with Gasteiger partial charge < -0.3 is 15.4 Å². The van der Waals surface area contributed by atoms with E-state index in [-0.39, 0.29) is 12.5 Å². The first-order valence-corrected chi connectivity index (χ1v) is 7.24. The Balaban J connectivity index is 1.79. The fraction of sp³-hybridized carbons (Fsp3) is 0.267. The van der Waals surface area contributed by atoms with Gasteiger partial charge in [0, 0.05) is 23.2 Å². The minimum Gasteiger partial charge on any atom is -0.497 e. The van der Waals surface area contributed by atoms with Gasteiger partial charge in [-0.3, -0.25) is 4.79 Å². The second-order valence-electron chi connectivity index (χ2n) is 4.41. The number of nitrogens with one attached hydrogen (secondary N) is 2. The molecule has 20 heavy (non-hydrogen) atoms. The standard InChI is InChI=1S/C15H18N2O2S/c1-11-6-7-20-14(11)9-16-10-15(18)17-12-4-3-5-13(8-12)19-2/h3-8,16H,9-10H2,1-2H3,(H,17,18). The van der Waals surface area contributed by atoms with E-state index in [1.54, 1.807) is 24.5 Å². The molecule has 1 aromatic heterocycles. The molecule has 0 aliphatic rings. The molecule has 1 heterocycles. The first kappa shape index (κ1) is 14.6. The molecular formula is C15H18N2O2S. The number of hydrogen-bond acceptors (Lipinski definition) is 4. The lowest BCUT2D eigenvalue weighted by atomic mass is 10.3. The minimum absolute atomic E-state index is 0.0625. The molecule has 0 radical (unpaired) electrons. The molecule has 4 nitrogen and oxygen atoms in total. The van der Waals surface area contributed by atoms with Gasteiger partial charge in [-0.15, -0.1) is 11.3 Å². The third-order valence-corrected chi connectivity index (χ3v) is 3.92. The van der Waals surface area contributed by atoms with E-state index in [1.165, 1.54) is 10.4 Å². The molecule has 106 valence electrons. The monoisotopic (exact) mass is 290 g/mol. The largest absolute Gasteiger partial charge is 0.497 e. The minimum atomic E-state index is -0.0625. The average molecular weight is 290 g/mol. The lowest BCUT2D eigenvalue weighted by Gasteiger charge is -2.08. The number of aryl methyl sites for hydroxylation is 1. The Bertz CT molecular complexity index is 581. The van der Waals surface area contributed by atoms with Gasteiger partial charge >= 0.3 is 0 Å². The maximum atomic E-state index is 11.8. The number of hydrogen-bond donors (Lipinski definition) is 2. The summed E-state index contributed by atoms with van der Waals surface area (Å²) in [6.07, 6.45) is 0. The summed E-state index contributed by atoms with van der Waals surface area (Å²) >= 11 is 1.70.